The topological polar surface area (TPSA) is 92.0 Å². The molecular weight excluding hydrogens is 458 g/mol. The van der Waals surface area contributed by atoms with E-state index in [9.17, 15) is 9.59 Å². The van der Waals surface area contributed by atoms with Gasteiger partial charge in [0.15, 0.2) is 6.61 Å². The number of nitrogens with zero attached hydrogens (tertiary/aromatic N) is 5. The van der Waals surface area contributed by atoms with Gasteiger partial charge in [-0.1, -0.05) is 23.7 Å². The van der Waals surface area contributed by atoms with Crippen LogP contribution in [-0.4, -0.2) is 66.2 Å². The third-order valence-corrected chi connectivity index (χ3v) is 6.29. The van der Waals surface area contributed by atoms with Crippen molar-refractivity contribution in [2.45, 2.75) is 13.3 Å². The van der Waals surface area contributed by atoms with Crippen LogP contribution >= 0.6 is 11.6 Å². The third-order valence-electron chi connectivity index (χ3n) is 6.05. The van der Waals surface area contributed by atoms with Crippen molar-refractivity contribution in [3.63, 3.8) is 0 Å². The smallest absolute Gasteiger partial charge is 0.265 e. The zero-order valence-corrected chi connectivity index (χ0v) is 19.5. The fourth-order valence-corrected chi connectivity index (χ4v) is 4.30. The van der Waals surface area contributed by atoms with Crippen molar-refractivity contribution in [3.8, 4) is 17.1 Å². The molecule has 0 unspecified atom stereocenters. The highest BCUT2D eigenvalue weighted by Gasteiger charge is 2.30. The lowest BCUT2D eigenvalue weighted by molar-refractivity contribution is -0.132. The lowest BCUT2D eigenvalue weighted by Gasteiger charge is -2.37. The SMILES string of the molecule is CCc1nc(-c2ccc(N3CCN(C(=O)CN4C(=O)COc5ccc(Cl)cc54)CC3)cc2)no1. The number of aromatic nitrogens is 2. The number of fused-ring (bicyclic) bond motifs is 1. The second kappa shape index (κ2) is 9.34. The van der Waals surface area contributed by atoms with Gasteiger partial charge in [-0.3, -0.25) is 14.5 Å². The molecule has 9 nitrogen and oxygen atoms in total. The maximum atomic E-state index is 13.0. The van der Waals surface area contributed by atoms with Gasteiger partial charge in [0.25, 0.3) is 5.91 Å². The van der Waals surface area contributed by atoms with Gasteiger partial charge in [-0.2, -0.15) is 4.98 Å². The maximum Gasteiger partial charge on any atom is 0.265 e. The van der Waals surface area contributed by atoms with E-state index >= 15 is 0 Å². The molecule has 5 rings (SSSR count). The molecule has 34 heavy (non-hydrogen) atoms. The molecule has 0 radical (unpaired) electrons. The standard InChI is InChI=1S/C24H24ClN5O4/c1-2-21-26-24(27-34-21)16-3-6-18(7-4-16)28-9-11-29(12-10-28)22(31)14-30-19-13-17(25)5-8-20(19)33-15-23(30)32/h3-8,13H,2,9-12,14-15H2,1H3. The summed E-state index contributed by atoms with van der Waals surface area (Å²) >= 11 is 6.10. The largest absolute Gasteiger partial charge is 0.482 e. The van der Waals surface area contributed by atoms with Crippen LogP contribution in [0.15, 0.2) is 47.0 Å². The Bertz CT molecular complexity index is 1200. The Labute approximate surface area is 201 Å². The molecule has 2 aliphatic rings. The molecule has 0 spiro atoms. The minimum Gasteiger partial charge on any atom is -0.482 e. The zero-order valence-electron chi connectivity index (χ0n) is 18.7. The van der Waals surface area contributed by atoms with Crippen LogP contribution in [-0.2, 0) is 16.0 Å². The van der Waals surface area contributed by atoms with Gasteiger partial charge >= 0.3 is 0 Å². The van der Waals surface area contributed by atoms with Crippen molar-refractivity contribution in [3.05, 3.63) is 53.4 Å². The quantitative estimate of drug-likeness (QED) is 0.553. The van der Waals surface area contributed by atoms with Crippen molar-refractivity contribution < 1.29 is 18.8 Å². The first-order valence-corrected chi connectivity index (χ1v) is 11.6. The monoisotopic (exact) mass is 481 g/mol. The number of ether oxygens (including phenoxy) is 1. The van der Waals surface area contributed by atoms with E-state index in [1.165, 1.54) is 4.90 Å². The van der Waals surface area contributed by atoms with E-state index < -0.39 is 0 Å². The van der Waals surface area contributed by atoms with Crippen molar-refractivity contribution in [1.29, 1.82) is 0 Å². The van der Waals surface area contributed by atoms with Crippen LogP contribution in [0, 0.1) is 0 Å². The number of aryl methyl sites for hydroxylation is 1. The Balaban J connectivity index is 1.20. The average molecular weight is 482 g/mol. The molecule has 1 fully saturated rings. The van der Waals surface area contributed by atoms with Gasteiger partial charge in [0.05, 0.1) is 5.69 Å². The highest BCUT2D eigenvalue weighted by molar-refractivity contribution is 6.31. The first-order valence-electron chi connectivity index (χ1n) is 11.2. The Morgan fingerprint density at radius 2 is 1.85 bits per heavy atom. The molecule has 10 heteroatoms. The molecule has 3 aromatic rings. The Kier molecular flexibility index (Phi) is 6.10. The summed E-state index contributed by atoms with van der Waals surface area (Å²) in [5.41, 5.74) is 2.50. The summed E-state index contributed by atoms with van der Waals surface area (Å²) in [5, 5.41) is 4.50. The Hall–Kier alpha value is -3.59. The molecule has 1 aromatic heterocycles. The van der Waals surface area contributed by atoms with Gasteiger partial charge < -0.3 is 19.1 Å². The van der Waals surface area contributed by atoms with Crippen LogP contribution in [0.25, 0.3) is 11.4 Å². The number of benzene rings is 2. The summed E-state index contributed by atoms with van der Waals surface area (Å²) in [5.74, 6) is 1.40. The van der Waals surface area contributed by atoms with Gasteiger partial charge in [0.1, 0.15) is 12.3 Å². The van der Waals surface area contributed by atoms with Crippen LogP contribution in [0.3, 0.4) is 0 Å². The Morgan fingerprint density at radius 1 is 1.09 bits per heavy atom. The average Bonchev–Trinajstić information content (AvgIpc) is 3.35. The zero-order chi connectivity index (χ0) is 23.7. The van der Waals surface area contributed by atoms with E-state index in [1.54, 1.807) is 23.1 Å². The lowest BCUT2D eigenvalue weighted by Crippen LogP contribution is -2.53. The Morgan fingerprint density at radius 3 is 2.56 bits per heavy atom. The van der Waals surface area contributed by atoms with Crippen molar-refractivity contribution in [2.75, 3.05) is 49.1 Å². The number of anilines is 2. The summed E-state index contributed by atoms with van der Waals surface area (Å²) in [6.07, 6.45) is 0.702. The lowest BCUT2D eigenvalue weighted by atomic mass is 10.1. The van der Waals surface area contributed by atoms with E-state index in [1.807, 2.05) is 31.2 Å². The molecule has 1 saturated heterocycles. The van der Waals surface area contributed by atoms with Crippen molar-refractivity contribution >= 4 is 34.8 Å². The summed E-state index contributed by atoms with van der Waals surface area (Å²) in [6, 6.07) is 13.1. The second-order valence-electron chi connectivity index (χ2n) is 8.16. The van der Waals surface area contributed by atoms with Gasteiger partial charge in [0, 0.05) is 48.9 Å². The van der Waals surface area contributed by atoms with Gasteiger partial charge in [0.2, 0.25) is 17.6 Å². The first-order chi connectivity index (χ1) is 16.5. The predicted molar refractivity (Wildman–Crippen MR) is 127 cm³/mol. The number of rotatable bonds is 5. The van der Waals surface area contributed by atoms with Crippen LogP contribution in [0.5, 0.6) is 5.75 Å². The minimum absolute atomic E-state index is 0.0331. The molecule has 0 bridgehead atoms. The number of hydrogen-bond donors (Lipinski definition) is 0. The molecule has 0 atom stereocenters. The first kappa shape index (κ1) is 22.2. The molecule has 176 valence electrons. The van der Waals surface area contributed by atoms with Crippen molar-refractivity contribution in [1.82, 2.24) is 15.0 Å². The molecule has 0 saturated carbocycles. The third kappa shape index (κ3) is 4.43. The van der Waals surface area contributed by atoms with Gasteiger partial charge in [-0.05, 0) is 42.5 Å². The normalized spacial score (nSPS) is 15.8. The fraction of sp³-hybridized carbons (Fsp3) is 0.333. The van der Waals surface area contributed by atoms with Crippen LogP contribution < -0.4 is 14.5 Å². The number of halogens is 1. The second-order valence-corrected chi connectivity index (χ2v) is 8.60. The summed E-state index contributed by atoms with van der Waals surface area (Å²) in [6.45, 7) is 4.40. The summed E-state index contributed by atoms with van der Waals surface area (Å²) in [7, 11) is 0. The number of carbonyl (C=O) groups excluding carboxylic acids is 2. The van der Waals surface area contributed by atoms with Crippen molar-refractivity contribution in [2.24, 2.45) is 0 Å². The van der Waals surface area contributed by atoms with Crippen LogP contribution in [0.2, 0.25) is 5.02 Å². The number of hydrogen-bond acceptors (Lipinski definition) is 7. The molecular formula is C24H24ClN5O4. The summed E-state index contributed by atoms with van der Waals surface area (Å²) in [4.78, 5) is 35.3. The molecule has 0 N–H and O–H groups in total. The molecule has 3 heterocycles. The number of amides is 2. The molecule has 2 aromatic carbocycles. The van der Waals surface area contributed by atoms with Crippen LogP contribution in [0.4, 0.5) is 11.4 Å². The molecule has 2 aliphatic heterocycles. The van der Waals surface area contributed by atoms with E-state index in [-0.39, 0.29) is 25.0 Å². The highest BCUT2D eigenvalue weighted by Crippen LogP contribution is 2.34. The maximum absolute atomic E-state index is 13.0. The summed E-state index contributed by atoms with van der Waals surface area (Å²) < 4.78 is 10.6. The number of piperazine rings is 1. The fourth-order valence-electron chi connectivity index (χ4n) is 4.13. The van der Waals surface area contributed by atoms with E-state index in [0.29, 0.717) is 60.8 Å². The highest BCUT2D eigenvalue weighted by atomic mass is 35.5. The minimum atomic E-state index is -0.255. The van der Waals surface area contributed by atoms with Crippen LogP contribution in [0.1, 0.15) is 12.8 Å². The molecule has 2 amide bonds. The van der Waals surface area contributed by atoms with E-state index in [0.717, 1.165) is 11.3 Å². The van der Waals surface area contributed by atoms with Gasteiger partial charge in [-0.15, -0.1) is 0 Å². The molecule has 0 aliphatic carbocycles. The number of carbonyl (C=O) groups is 2. The predicted octanol–water partition coefficient (Wildman–Crippen LogP) is 3.03. The van der Waals surface area contributed by atoms with Gasteiger partial charge in [-0.25, -0.2) is 0 Å². The van der Waals surface area contributed by atoms with E-state index in [4.69, 9.17) is 20.9 Å². The van der Waals surface area contributed by atoms with E-state index in [2.05, 4.69) is 15.0 Å².